The van der Waals surface area contributed by atoms with Crippen LogP contribution in [0.3, 0.4) is 0 Å². The zero-order valence-electron chi connectivity index (χ0n) is 15.3. The van der Waals surface area contributed by atoms with Gasteiger partial charge in [-0.3, -0.25) is 9.59 Å². The summed E-state index contributed by atoms with van der Waals surface area (Å²) in [6.45, 7) is 3.96. The van der Waals surface area contributed by atoms with Gasteiger partial charge in [0, 0.05) is 11.1 Å². The Morgan fingerprint density at radius 1 is 0.630 bits per heavy atom. The Morgan fingerprint density at radius 3 is 1.37 bits per heavy atom. The van der Waals surface area contributed by atoms with E-state index in [1.54, 1.807) is 48.6 Å². The maximum Gasteiger partial charge on any atom is 0.185 e. The number of allylic oxidation sites excluding steroid dienone is 2. The molecule has 0 bridgehead atoms. The highest BCUT2D eigenvalue weighted by Crippen LogP contribution is 2.13. The molecule has 0 saturated carbocycles. The molecule has 3 rings (SSSR count). The lowest BCUT2D eigenvalue weighted by Gasteiger charge is -1.96. The number of carbonyl (C=O) groups excluding carboxylic acids is 2. The van der Waals surface area contributed by atoms with Crippen LogP contribution in [0.15, 0.2) is 77.2 Å². The largest absolute Gasteiger partial charge is 0.457 e. The van der Waals surface area contributed by atoms with E-state index in [2.05, 4.69) is 0 Å². The zero-order valence-corrected chi connectivity index (χ0v) is 15.3. The standard InChI is InChI=1S/C24H20O3/c1-17-3-7-19(8-4-17)23(25)15-13-21-11-12-22(27-21)14-16-24(26)20-9-5-18(2)6-10-20/h3-16H,1-2H3/b15-13-,16-14-. The van der Waals surface area contributed by atoms with E-state index in [0.717, 1.165) is 11.1 Å². The third kappa shape index (κ3) is 5.02. The fourth-order valence-electron chi connectivity index (χ4n) is 2.49. The molecular formula is C24H20O3. The molecule has 2 aromatic carbocycles. The summed E-state index contributed by atoms with van der Waals surface area (Å²) >= 11 is 0. The molecule has 0 spiro atoms. The molecule has 0 amide bonds. The Morgan fingerprint density at radius 2 is 1.00 bits per heavy atom. The van der Waals surface area contributed by atoms with Crippen molar-refractivity contribution in [3.63, 3.8) is 0 Å². The van der Waals surface area contributed by atoms with Gasteiger partial charge in [0.1, 0.15) is 11.5 Å². The van der Waals surface area contributed by atoms with E-state index in [0.29, 0.717) is 22.6 Å². The van der Waals surface area contributed by atoms with Crippen LogP contribution in [-0.2, 0) is 0 Å². The average molecular weight is 356 g/mol. The van der Waals surface area contributed by atoms with Gasteiger partial charge in [0.2, 0.25) is 0 Å². The zero-order chi connectivity index (χ0) is 19.2. The van der Waals surface area contributed by atoms with Crippen molar-refractivity contribution < 1.29 is 14.0 Å². The molecule has 0 saturated heterocycles. The third-order valence-corrected chi connectivity index (χ3v) is 4.12. The predicted molar refractivity (Wildman–Crippen MR) is 108 cm³/mol. The van der Waals surface area contributed by atoms with Crippen molar-refractivity contribution in [3.8, 4) is 0 Å². The Hall–Kier alpha value is -3.46. The molecule has 3 nitrogen and oxygen atoms in total. The summed E-state index contributed by atoms with van der Waals surface area (Å²) in [4.78, 5) is 24.3. The molecule has 3 aromatic rings. The van der Waals surface area contributed by atoms with Crippen molar-refractivity contribution in [1.82, 2.24) is 0 Å². The first-order chi connectivity index (χ1) is 13.0. The van der Waals surface area contributed by atoms with Gasteiger partial charge in [-0.25, -0.2) is 0 Å². The van der Waals surface area contributed by atoms with Gasteiger partial charge in [0.05, 0.1) is 0 Å². The Balaban J connectivity index is 1.64. The molecule has 0 aliphatic heterocycles. The molecule has 0 N–H and O–H groups in total. The molecule has 0 fully saturated rings. The molecule has 134 valence electrons. The van der Waals surface area contributed by atoms with E-state index in [1.807, 2.05) is 38.1 Å². The normalized spacial score (nSPS) is 11.3. The summed E-state index contributed by atoms with van der Waals surface area (Å²) in [5.41, 5.74) is 3.48. The van der Waals surface area contributed by atoms with Crippen LogP contribution >= 0.6 is 0 Å². The predicted octanol–water partition coefficient (Wildman–Crippen LogP) is 5.69. The minimum Gasteiger partial charge on any atom is -0.457 e. The smallest absolute Gasteiger partial charge is 0.185 e. The lowest BCUT2D eigenvalue weighted by atomic mass is 10.1. The lowest BCUT2D eigenvalue weighted by molar-refractivity contribution is 0.103. The highest BCUT2D eigenvalue weighted by molar-refractivity contribution is 6.07. The first-order valence-corrected chi connectivity index (χ1v) is 8.69. The van der Waals surface area contributed by atoms with Crippen LogP contribution in [0.5, 0.6) is 0 Å². The number of hydrogen-bond acceptors (Lipinski definition) is 3. The van der Waals surface area contributed by atoms with E-state index in [9.17, 15) is 9.59 Å². The average Bonchev–Trinajstić information content (AvgIpc) is 3.13. The maximum absolute atomic E-state index is 12.1. The number of benzene rings is 2. The summed E-state index contributed by atoms with van der Waals surface area (Å²) in [6.07, 6.45) is 6.21. The number of hydrogen-bond donors (Lipinski definition) is 0. The van der Waals surface area contributed by atoms with Gasteiger partial charge < -0.3 is 4.42 Å². The van der Waals surface area contributed by atoms with Crippen molar-refractivity contribution >= 4 is 23.7 Å². The second-order valence-electron chi connectivity index (χ2n) is 6.37. The summed E-state index contributed by atoms with van der Waals surface area (Å²) in [5.74, 6) is 0.937. The van der Waals surface area contributed by atoms with Crippen molar-refractivity contribution in [2.24, 2.45) is 0 Å². The van der Waals surface area contributed by atoms with Crippen molar-refractivity contribution in [2.75, 3.05) is 0 Å². The van der Waals surface area contributed by atoms with Crippen LogP contribution in [0, 0.1) is 13.8 Å². The van der Waals surface area contributed by atoms with Gasteiger partial charge in [-0.15, -0.1) is 0 Å². The molecule has 0 unspecified atom stereocenters. The number of furan rings is 1. The van der Waals surface area contributed by atoms with Crippen LogP contribution in [0.2, 0.25) is 0 Å². The van der Waals surface area contributed by atoms with Crippen molar-refractivity contribution in [1.29, 1.82) is 0 Å². The van der Waals surface area contributed by atoms with Gasteiger partial charge >= 0.3 is 0 Å². The first kappa shape index (κ1) is 18.3. The first-order valence-electron chi connectivity index (χ1n) is 8.69. The van der Waals surface area contributed by atoms with Gasteiger partial charge in [-0.1, -0.05) is 59.7 Å². The minimum atomic E-state index is -0.0851. The van der Waals surface area contributed by atoms with Crippen molar-refractivity contribution in [2.45, 2.75) is 13.8 Å². The summed E-state index contributed by atoms with van der Waals surface area (Å²) < 4.78 is 5.62. The third-order valence-electron chi connectivity index (χ3n) is 4.12. The van der Waals surface area contributed by atoms with Gasteiger partial charge in [0.25, 0.3) is 0 Å². The summed E-state index contributed by atoms with van der Waals surface area (Å²) in [5, 5.41) is 0. The Bertz CT molecular complexity index is 919. The van der Waals surface area contributed by atoms with E-state index >= 15 is 0 Å². The van der Waals surface area contributed by atoms with E-state index in [-0.39, 0.29) is 11.6 Å². The molecule has 0 aliphatic rings. The molecule has 0 aliphatic carbocycles. The highest BCUT2D eigenvalue weighted by atomic mass is 16.3. The SMILES string of the molecule is Cc1ccc(C(=O)/C=C\c2ccc(/C=C\C(=O)c3ccc(C)cc3)o2)cc1. The van der Waals surface area contributed by atoms with Gasteiger partial charge in [0.15, 0.2) is 11.6 Å². The Labute approximate surface area is 158 Å². The van der Waals surface area contributed by atoms with E-state index in [4.69, 9.17) is 4.42 Å². The highest BCUT2D eigenvalue weighted by Gasteiger charge is 2.04. The monoisotopic (exact) mass is 356 g/mol. The molecular weight excluding hydrogens is 336 g/mol. The topological polar surface area (TPSA) is 47.3 Å². The minimum absolute atomic E-state index is 0.0851. The van der Waals surface area contributed by atoms with Crippen LogP contribution in [0.25, 0.3) is 12.2 Å². The van der Waals surface area contributed by atoms with Crippen LogP contribution in [0.1, 0.15) is 43.4 Å². The molecule has 27 heavy (non-hydrogen) atoms. The van der Waals surface area contributed by atoms with Crippen LogP contribution in [0.4, 0.5) is 0 Å². The molecule has 3 heteroatoms. The van der Waals surface area contributed by atoms with Crippen LogP contribution < -0.4 is 0 Å². The fraction of sp³-hybridized carbons (Fsp3) is 0.0833. The second kappa shape index (κ2) is 8.28. The quantitative estimate of drug-likeness (QED) is 0.421. The van der Waals surface area contributed by atoms with Gasteiger partial charge in [-0.2, -0.15) is 0 Å². The second-order valence-corrected chi connectivity index (χ2v) is 6.37. The van der Waals surface area contributed by atoms with E-state index < -0.39 is 0 Å². The summed E-state index contributed by atoms with van der Waals surface area (Å²) in [7, 11) is 0. The number of aryl methyl sites for hydroxylation is 2. The molecule has 1 heterocycles. The van der Waals surface area contributed by atoms with Crippen LogP contribution in [-0.4, -0.2) is 11.6 Å². The molecule has 1 aromatic heterocycles. The number of ketones is 2. The molecule has 0 atom stereocenters. The van der Waals surface area contributed by atoms with E-state index in [1.165, 1.54) is 12.2 Å². The number of rotatable bonds is 6. The van der Waals surface area contributed by atoms with Crippen molar-refractivity contribution in [3.05, 3.63) is 107 Å². The maximum atomic E-state index is 12.1. The lowest BCUT2D eigenvalue weighted by Crippen LogP contribution is -1.93. The Kier molecular flexibility index (Phi) is 5.62. The summed E-state index contributed by atoms with van der Waals surface area (Å²) in [6, 6.07) is 18.3. The van der Waals surface area contributed by atoms with Gasteiger partial charge in [-0.05, 0) is 50.3 Å². The molecule has 0 radical (unpaired) electrons. The fourth-order valence-corrected chi connectivity index (χ4v) is 2.49. The number of carbonyl (C=O) groups is 2.